The van der Waals surface area contributed by atoms with Gasteiger partial charge in [0.1, 0.15) is 5.82 Å². The summed E-state index contributed by atoms with van der Waals surface area (Å²) in [6, 6.07) is 7.60. The van der Waals surface area contributed by atoms with E-state index in [-0.39, 0.29) is 11.9 Å². The fourth-order valence-electron chi connectivity index (χ4n) is 2.70. The van der Waals surface area contributed by atoms with Crippen LogP contribution >= 0.6 is 0 Å². The number of rotatable bonds is 3. The molecule has 1 aromatic carbocycles. The van der Waals surface area contributed by atoms with E-state index in [1.807, 2.05) is 19.2 Å². The van der Waals surface area contributed by atoms with Crippen LogP contribution in [0.3, 0.4) is 0 Å². The minimum Gasteiger partial charge on any atom is -0.326 e. The Bertz CT molecular complexity index is 367. The van der Waals surface area contributed by atoms with Crippen molar-refractivity contribution in [2.45, 2.75) is 44.3 Å². The molecule has 0 bridgehead atoms. The van der Waals surface area contributed by atoms with Gasteiger partial charge >= 0.3 is 0 Å². The minimum absolute atomic E-state index is 0.122. The lowest BCUT2D eigenvalue weighted by Gasteiger charge is -2.36. The summed E-state index contributed by atoms with van der Waals surface area (Å²) in [4.78, 5) is 2.20. The van der Waals surface area contributed by atoms with E-state index in [9.17, 15) is 4.39 Å². The van der Waals surface area contributed by atoms with Crippen LogP contribution in [0.2, 0.25) is 0 Å². The molecule has 2 atom stereocenters. The Balaban J connectivity index is 2.01. The number of halogens is 1. The van der Waals surface area contributed by atoms with Gasteiger partial charge in [-0.05, 0) is 26.0 Å². The van der Waals surface area contributed by atoms with Crippen LogP contribution in [-0.4, -0.2) is 24.0 Å². The van der Waals surface area contributed by atoms with Crippen LogP contribution in [0.5, 0.6) is 0 Å². The minimum atomic E-state index is -0.122. The molecule has 17 heavy (non-hydrogen) atoms. The molecule has 3 heteroatoms. The van der Waals surface area contributed by atoms with Gasteiger partial charge in [-0.2, -0.15) is 0 Å². The molecule has 94 valence electrons. The third-order valence-electron chi connectivity index (χ3n) is 3.73. The second kappa shape index (κ2) is 5.61. The smallest absolute Gasteiger partial charge is 0.127 e. The van der Waals surface area contributed by atoms with Crippen molar-refractivity contribution in [2.24, 2.45) is 5.73 Å². The van der Waals surface area contributed by atoms with Crippen molar-refractivity contribution in [1.82, 2.24) is 4.90 Å². The Labute approximate surface area is 103 Å². The van der Waals surface area contributed by atoms with Crippen LogP contribution < -0.4 is 5.73 Å². The summed E-state index contributed by atoms with van der Waals surface area (Å²) >= 11 is 0. The number of hydrogen-bond acceptors (Lipinski definition) is 2. The van der Waals surface area contributed by atoms with E-state index in [1.54, 1.807) is 6.07 Å². The third kappa shape index (κ3) is 3.05. The molecule has 2 N–H and O–H groups in total. The first kappa shape index (κ1) is 12.5. The van der Waals surface area contributed by atoms with E-state index in [0.717, 1.165) is 18.4 Å². The number of nitrogens with zero attached hydrogens (tertiary/aromatic N) is 1. The van der Waals surface area contributed by atoms with Gasteiger partial charge in [0.2, 0.25) is 0 Å². The van der Waals surface area contributed by atoms with Gasteiger partial charge in [0.25, 0.3) is 0 Å². The lowest BCUT2D eigenvalue weighted by Crippen LogP contribution is -2.47. The quantitative estimate of drug-likeness (QED) is 0.873. The SMILES string of the molecule is CN(Cc1ccccc1F)C1CCCCC1N. The van der Waals surface area contributed by atoms with E-state index >= 15 is 0 Å². The predicted octanol–water partition coefficient (Wildman–Crippen LogP) is 2.53. The summed E-state index contributed by atoms with van der Waals surface area (Å²) in [5.41, 5.74) is 6.89. The molecule has 0 aliphatic heterocycles. The molecule has 1 fully saturated rings. The molecule has 2 nitrogen and oxygen atoms in total. The first-order valence-corrected chi connectivity index (χ1v) is 6.37. The van der Waals surface area contributed by atoms with Gasteiger partial charge < -0.3 is 5.73 Å². The number of nitrogens with two attached hydrogens (primary N) is 1. The van der Waals surface area contributed by atoms with Crippen LogP contribution in [-0.2, 0) is 6.54 Å². The largest absolute Gasteiger partial charge is 0.326 e. The van der Waals surface area contributed by atoms with Crippen LogP contribution in [0.15, 0.2) is 24.3 Å². The molecule has 1 aromatic rings. The summed E-state index contributed by atoms with van der Waals surface area (Å²) in [7, 11) is 2.04. The molecule has 2 unspecified atom stereocenters. The lowest BCUT2D eigenvalue weighted by atomic mass is 9.90. The van der Waals surface area contributed by atoms with Crippen LogP contribution in [0.25, 0.3) is 0 Å². The van der Waals surface area contributed by atoms with E-state index in [4.69, 9.17) is 5.73 Å². The maximum Gasteiger partial charge on any atom is 0.127 e. The highest BCUT2D eigenvalue weighted by atomic mass is 19.1. The molecule has 0 aromatic heterocycles. The van der Waals surface area contributed by atoms with Gasteiger partial charge in [0.15, 0.2) is 0 Å². The number of benzene rings is 1. The monoisotopic (exact) mass is 236 g/mol. The molecule has 0 spiro atoms. The molecule has 0 heterocycles. The van der Waals surface area contributed by atoms with Gasteiger partial charge in [0, 0.05) is 24.2 Å². The van der Waals surface area contributed by atoms with E-state index in [1.165, 1.54) is 18.9 Å². The molecule has 0 amide bonds. The average Bonchev–Trinajstić information content (AvgIpc) is 2.32. The van der Waals surface area contributed by atoms with Crippen molar-refractivity contribution in [3.8, 4) is 0 Å². The fraction of sp³-hybridized carbons (Fsp3) is 0.571. The summed E-state index contributed by atoms with van der Waals surface area (Å²) in [5.74, 6) is -0.122. The maximum atomic E-state index is 13.6. The van der Waals surface area contributed by atoms with Crippen LogP contribution in [0.4, 0.5) is 4.39 Å². The van der Waals surface area contributed by atoms with E-state index < -0.39 is 0 Å². The normalized spacial score (nSPS) is 25.2. The topological polar surface area (TPSA) is 29.3 Å². The van der Waals surface area contributed by atoms with Crippen LogP contribution in [0, 0.1) is 5.82 Å². The summed E-state index contributed by atoms with van der Waals surface area (Å²) in [5, 5.41) is 0. The Kier molecular flexibility index (Phi) is 4.13. The summed E-state index contributed by atoms with van der Waals surface area (Å²) < 4.78 is 13.6. The molecule has 0 saturated heterocycles. The summed E-state index contributed by atoms with van der Waals surface area (Å²) in [6.45, 7) is 0.644. The molecule has 1 aliphatic rings. The van der Waals surface area contributed by atoms with Crippen LogP contribution in [0.1, 0.15) is 31.2 Å². The molecular formula is C14H21FN2. The zero-order valence-corrected chi connectivity index (χ0v) is 10.4. The summed E-state index contributed by atoms with van der Waals surface area (Å²) in [6.07, 6.45) is 4.68. The van der Waals surface area contributed by atoms with Crippen molar-refractivity contribution in [3.63, 3.8) is 0 Å². The van der Waals surface area contributed by atoms with Crippen molar-refractivity contribution >= 4 is 0 Å². The van der Waals surface area contributed by atoms with Crippen molar-refractivity contribution < 1.29 is 4.39 Å². The van der Waals surface area contributed by atoms with Gasteiger partial charge in [-0.3, -0.25) is 4.90 Å². The van der Waals surface area contributed by atoms with E-state index in [0.29, 0.717) is 12.6 Å². The van der Waals surface area contributed by atoms with E-state index in [2.05, 4.69) is 4.90 Å². The first-order chi connectivity index (χ1) is 8.18. The van der Waals surface area contributed by atoms with Crippen molar-refractivity contribution in [2.75, 3.05) is 7.05 Å². The van der Waals surface area contributed by atoms with Crippen molar-refractivity contribution in [3.05, 3.63) is 35.6 Å². The molecule has 2 rings (SSSR count). The van der Waals surface area contributed by atoms with Gasteiger partial charge in [-0.25, -0.2) is 4.39 Å². The second-order valence-corrected chi connectivity index (χ2v) is 5.02. The fourth-order valence-corrected chi connectivity index (χ4v) is 2.70. The average molecular weight is 236 g/mol. The highest BCUT2D eigenvalue weighted by Gasteiger charge is 2.25. The highest BCUT2D eigenvalue weighted by molar-refractivity contribution is 5.17. The molecular weight excluding hydrogens is 215 g/mol. The number of likely N-dealkylation sites (N-methyl/N-ethyl adjacent to an activating group) is 1. The first-order valence-electron chi connectivity index (χ1n) is 6.37. The van der Waals surface area contributed by atoms with Crippen molar-refractivity contribution in [1.29, 1.82) is 0 Å². The number of hydrogen-bond donors (Lipinski definition) is 1. The molecule has 1 aliphatic carbocycles. The maximum absolute atomic E-state index is 13.6. The standard InChI is InChI=1S/C14H21FN2/c1-17(14-9-5-4-8-13(14)16)10-11-6-2-3-7-12(11)15/h2-3,6-7,13-14H,4-5,8-10,16H2,1H3. The highest BCUT2D eigenvalue weighted by Crippen LogP contribution is 2.22. The predicted molar refractivity (Wildman–Crippen MR) is 68.1 cm³/mol. The second-order valence-electron chi connectivity index (χ2n) is 5.02. The lowest BCUT2D eigenvalue weighted by molar-refractivity contribution is 0.161. The Morgan fingerprint density at radius 1 is 1.29 bits per heavy atom. The third-order valence-corrected chi connectivity index (χ3v) is 3.73. The van der Waals surface area contributed by atoms with Gasteiger partial charge in [-0.1, -0.05) is 31.0 Å². The molecule has 0 radical (unpaired) electrons. The van der Waals surface area contributed by atoms with Gasteiger partial charge in [0.05, 0.1) is 0 Å². The molecule has 1 saturated carbocycles. The zero-order chi connectivity index (χ0) is 12.3. The van der Waals surface area contributed by atoms with Gasteiger partial charge in [-0.15, -0.1) is 0 Å². The Morgan fingerprint density at radius 3 is 2.71 bits per heavy atom. The Morgan fingerprint density at radius 2 is 2.00 bits per heavy atom. The Hall–Kier alpha value is -0.930. The zero-order valence-electron chi connectivity index (χ0n) is 10.4.